The van der Waals surface area contributed by atoms with Gasteiger partial charge in [0.25, 0.3) is 0 Å². The highest BCUT2D eigenvalue weighted by molar-refractivity contribution is 5.86. The van der Waals surface area contributed by atoms with E-state index in [1.54, 1.807) is 23.0 Å². The minimum atomic E-state index is -0.901. The molecule has 0 aliphatic carbocycles. The zero-order valence-electron chi connectivity index (χ0n) is 8.92. The lowest BCUT2D eigenvalue weighted by Crippen LogP contribution is -2.10. The number of carboxylic acids is 1. The summed E-state index contributed by atoms with van der Waals surface area (Å²) in [7, 11) is 0. The van der Waals surface area contributed by atoms with Crippen molar-refractivity contribution in [2.24, 2.45) is 0 Å². The lowest BCUT2D eigenvalue weighted by molar-refractivity contribution is 0.0685. The monoisotopic (exact) mass is 216 g/mol. The Morgan fingerprint density at radius 2 is 2.00 bits per heavy atom. The average molecular weight is 216 g/mol. The number of nitrogens with zero attached hydrogens (tertiary/aromatic N) is 2. The van der Waals surface area contributed by atoms with Crippen LogP contribution in [0.1, 0.15) is 21.7 Å². The third-order valence-electron chi connectivity index (χ3n) is 2.51. The van der Waals surface area contributed by atoms with Crippen LogP contribution in [0.25, 0.3) is 0 Å². The summed E-state index contributed by atoms with van der Waals surface area (Å²) in [6.07, 6.45) is 3.41. The first-order valence-electron chi connectivity index (χ1n) is 4.97. The highest BCUT2D eigenvalue weighted by atomic mass is 16.4. The molecule has 0 aromatic carbocycles. The molecule has 0 amide bonds. The summed E-state index contributed by atoms with van der Waals surface area (Å²) in [4.78, 5) is 14.9. The second-order valence-corrected chi connectivity index (χ2v) is 3.61. The van der Waals surface area contributed by atoms with Gasteiger partial charge in [0.1, 0.15) is 5.69 Å². The Hall–Kier alpha value is -2.10. The number of hydrogen-bond acceptors (Lipinski definition) is 2. The smallest absolute Gasteiger partial charge is 0.352 e. The average Bonchev–Trinajstić information content (AvgIpc) is 2.62. The van der Waals surface area contributed by atoms with Crippen molar-refractivity contribution >= 4 is 5.97 Å². The fraction of sp³-hybridized carbons (Fsp3) is 0.167. The Morgan fingerprint density at radius 1 is 1.31 bits per heavy atom. The van der Waals surface area contributed by atoms with Crippen LogP contribution in [-0.4, -0.2) is 20.6 Å². The van der Waals surface area contributed by atoms with Crippen LogP contribution in [0.4, 0.5) is 0 Å². The fourth-order valence-corrected chi connectivity index (χ4v) is 1.64. The number of carbonyl (C=O) groups is 1. The number of aryl methyl sites for hydroxylation is 1. The Labute approximate surface area is 93.2 Å². The van der Waals surface area contributed by atoms with E-state index in [0.29, 0.717) is 12.2 Å². The normalized spacial score (nSPS) is 10.3. The first-order chi connectivity index (χ1) is 7.68. The molecule has 0 spiro atoms. The van der Waals surface area contributed by atoms with Gasteiger partial charge in [-0.05, 0) is 36.8 Å². The number of aromatic nitrogens is 2. The standard InChI is InChI=1S/C12H12N2O2/c1-9-2-3-11(12(15)16)14(9)8-10-4-6-13-7-5-10/h2-7H,8H2,1H3,(H,15,16). The molecule has 0 bridgehead atoms. The Kier molecular flexibility index (Phi) is 2.72. The summed E-state index contributed by atoms with van der Waals surface area (Å²) in [6, 6.07) is 7.19. The van der Waals surface area contributed by atoms with Crippen molar-refractivity contribution < 1.29 is 9.90 Å². The molecule has 1 N–H and O–H groups in total. The Balaban J connectivity index is 2.34. The van der Waals surface area contributed by atoms with E-state index in [-0.39, 0.29) is 0 Å². The molecule has 82 valence electrons. The molecule has 2 heterocycles. The summed E-state index contributed by atoms with van der Waals surface area (Å²) in [5, 5.41) is 9.02. The highest BCUT2D eigenvalue weighted by Crippen LogP contribution is 2.11. The summed E-state index contributed by atoms with van der Waals surface area (Å²) in [5.74, 6) is -0.901. The number of aromatic carboxylic acids is 1. The Bertz CT molecular complexity index is 503. The van der Waals surface area contributed by atoms with Gasteiger partial charge in [0.15, 0.2) is 0 Å². The highest BCUT2D eigenvalue weighted by Gasteiger charge is 2.11. The van der Waals surface area contributed by atoms with Crippen LogP contribution in [0.15, 0.2) is 36.7 Å². The van der Waals surface area contributed by atoms with Gasteiger partial charge in [0.2, 0.25) is 0 Å². The van der Waals surface area contributed by atoms with E-state index in [2.05, 4.69) is 4.98 Å². The maximum absolute atomic E-state index is 11.0. The van der Waals surface area contributed by atoms with Gasteiger partial charge in [0.05, 0.1) is 0 Å². The van der Waals surface area contributed by atoms with Crippen LogP contribution in [0.2, 0.25) is 0 Å². The molecule has 0 atom stereocenters. The number of pyridine rings is 1. The minimum absolute atomic E-state index is 0.314. The van der Waals surface area contributed by atoms with Crippen LogP contribution >= 0.6 is 0 Å². The van der Waals surface area contributed by atoms with Gasteiger partial charge >= 0.3 is 5.97 Å². The van der Waals surface area contributed by atoms with Crippen LogP contribution in [0, 0.1) is 6.92 Å². The summed E-state index contributed by atoms with van der Waals surface area (Å²) >= 11 is 0. The first kappa shape index (κ1) is 10.4. The van der Waals surface area contributed by atoms with Gasteiger partial charge in [-0.1, -0.05) is 0 Å². The molecule has 4 nitrogen and oxygen atoms in total. The molecule has 0 aliphatic heterocycles. The van der Waals surface area contributed by atoms with Gasteiger partial charge in [-0.15, -0.1) is 0 Å². The molecular weight excluding hydrogens is 204 g/mol. The number of hydrogen-bond donors (Lipinski definition) is 1. The van der Waals surface area contributed by atoms with Gasteiger partial charge in [-0.2, -0.15) is 0 Å². The van der Waals surface area contributed by atoms with E-state index < -0.39 is 5.97 Å². The molecule has 0 fully saturated rings. The van der Waals surface area contributed by atoms with E-state index in [0.717, 1.165) is 11.3 Å². The molecule has 0 aliphatic rings. The van der Waals surface area contributed by atoms with Gasteiger partial charge in [-0.25, -0.2) is 4.79 Å². The third-order valence-corrected chi connectivity index (χ3v) is 2.51. The summed E-state index contributed by atoms with van der Waals surface area (Å²) in [6.45, 7) is 2.45. The third kappa shape index (κ3) is 1.95. The first-order valence-corrected chi connectivity index (χ1v) is 4.97. The lowest BCUT2D eigenvalue weighted by Gasteiger charge is -2.08. The van der Waals surface area contributed by atoms with Gasteiger partial charge in [-0.3, -0.25) is 4.98 Å². The van der Waals surface area contributed by atoms with Crippen molar-refractivity contribution in [3.05, 3.63) is 53.6 Å². The van der Waals surface area contributed by atoms with Crippen molar-refractivity contribution in [2.45, 2.75) is 13.5 Å². The molecule has 0 unspecified atom stereocenters. The molecule has 2 rings (SSSR count). The molecule has 16 heavy (non-hydrogen) atoms. The maximum atomic E-state index is 11.0. The summed E-state index contributed by atoms with van der Waals surface area (Å²) < 4.78 is 1.78. The predicted molar refractivity (Wildman–Crippen MR) is 59.5 cm³/mol. The number of rotatable bonds is 3. The van der Waals surface area contributed by atoms with Crippen LogP contribution in [-0.2, 0) is 6.54 Å². The molecule has 2 aromatic heterocycles. The Morgan fingerprint density at radius 3 is 2.62 bits per heavy atom. The summed E-state index contributed by atoms with van der Waals surface area (Å²) in [5.41, 5.74) is 2.29. The van der Waals surface area contributed by atoms with Crippen molar-refractivity contribution in [3.8, 4) is 0 Å². The van der Waals surface area contributed by atoms with E-state index in [1.807, 2.05) is 25.1 Å². The largest absolute Gasteiger partial charge is 0.477 e. The second kappa shape index (κ2) is 4.18. The van der Waals surface area contributed by atoms with Crippen molar-refractivity contribution in [2.75, 3.05) is 0 Å². The predicted octanol–water partition coefficient (Wildman–Crippen LogP) is 1.94. The van der Waals surface area contributed by atoms with E-state index in [1.165, 1.54) is 0 Å². The van der Waals surface area contributed by atoms with Crippen molar-refractivity contribution in [3.63, 3.8) is 0 Å². The molecule has 0 saturated heterocycles. The SMILES string of the molecule is Cc1ccc(C(=O)O)n1Cc1ccncc1. The minimum Gasteiger partial charge on any atom is -0.477 e. The van der Waals surface area contributed by atoms with Crippen LogP contribution in [0.3, 0.4) is 0 Å². The lowest BCUT2D eigenvalue weighted by atomic mass is 10.2. The van der Waals surface area contributed by atoms with E-state index >= 15 is 0 Å². The molecule has 0 radical (unpaired) electrons. The van der Waals surface area contributed by atoms with E-state index in [4.69, 9.17) is 5.11 Å². The zero-order valence-corrected chi connectivity index (χ0v) is 8.92. The molecular formula is C12H12N2O2. The topological polar surface area (TPSA) is 55.1 Å². The van der Waals surface area contributed by atoms with Crippen LogP contribution in [0.5, 0.6) is 0 Å². The van der Waals surface area contributed by atoms with E-state index in [9.17, 15) is 4.79 Å². The quantitative estimate of drug-likeness (QED) is 0.853. The van der Waals surface area contributed by atoms with Gasteiger partial charge < -0.3 is 9.67 Å². The molecule has 0 saturated carbocycles. The molecule has 4 heteroatoms. The van der Waals surface area contributed by atoms with Crippen LogP contribution < -0.4 is 0 Å². The maximum Gasteiger partial charge on any atom is 0.352 e. The van der Waals surface area contributed by atoms with Crippen molar-refractivity contribution in [1.82, 2.24) is 9.55 Å². The second-order valence-electron chi connectivity index (χ2n) is 3.61. The van der Waals surface area contributed by atoms with Gasteiger partial charge in [0, 0.05) is 24.6 Å². The molecule has 2 aromatic rings. The van der Waals surface area contributed by atoms with Crippen molar-refractivity contribution in [1.29, 1.82) is 0 Å². The number of carboxylic acid groups (broad SMARTS) is 1. The fourth-order valence-electron chi connectivity index (χ4n) is 1.64. The zero-order chi connectivity index (χ0) is 11.5.